The van der Waals surface area contributed by atoms with Crippen molar-refractivity contribution in [3.63, 3.8) is 0 Å². The van der Waals surface area contributed by atoms with E-state index in [9.17, 15) is 0 Å². The van der Waals surface area contributed by atoms with Crippen molar-refractivity contribution in [1.82, 2.24) is 9.97 Å². The summed E-state index contributed by atoms with van der Waals surface area (Å²) in [7, 11) is 0. The highest BCUT2D eigenvalue weighted by atomic mass is 16.5. The average Bonchev–Trinajstić information content (AvgIpc) is 2.38. The molecule has 2 rings (SSSR count). The summed E-state index contributed by atoms with van der Waals surface area (Å²) in [4.78, 5) is 8.20. The predicted octanol–water partition coefficient (Wildman–Crippen LogP) is 2.86. The first-order valence-electron chi connectivity index (χ1n) is 5.84. The highest BCUT2D eigenvalue weighted by Crippen LogP contribution is 2.14. The molecule has 0 amide bonds. The van der Waals surface area contributed by atoms with E-state index in [2.05, 4.69) is 16.9 Å². The first-order chi connectivity index (χ1) is 8.38. The molecule has 0 fully saturated rings. The number of nitrogens with zero attached hydrogens (tertiary/aromatic N) is 2. The van der Waals surface area contributed by atoms with Crippen LogP contribution >= 0.6 is 0 Å². The van der Waals surface area contributed by atoms with Gasteiger partial charge in [-0.2, -0.15) is 0 Å². The molecule has 0 aliphatic heterocycles. The summed E-state index contributed by atoms with van der Waals surface area (Å²) < 4.78 is 5.56. The second-order valence-electron chi connectivity index (χ2n) is 3.91. The Kier molecular flexibility index (Phi) is 4.08. The molecule has 88 valence electrons. The van der Waals surface area contributed by atoms with Crippen LogP contribution in [0.2, 0.25) is 0 Å². The molecule has 3 heteroatoms. The van der Waals surface area contributed by atoms with Crippen LogP contribution in [0, 0.1) is 0 Å². The Bertz CT molecular complexity index is 457. The Balaban J connectivity index is 2.06. The number of hydrogen-bond acceptors (Lipinski definition) is 3. The summed E-state index contributed by atoms with van der Waals surface area (Å²) in [6.07, 6.45) is 9.11. The summed E-state index contributed by atoms with van der Waals surface area (Å²) in [5.41, 5.74) is 2.39. The van der Waals surface area contributed by atoms with Crippen LogP contribution in [-0.4, -0.2) is 16.6 Å². The minimum absolute atomic E-state index is 0.736. The van der Waals surface area contributed by atoms with Crippen LogP contribution in [0.3, 0.4) is 0 Å². The molecule has 2 aromatic rings. The Morgan fingerprint density at radius 1 is 1.06 bits per heavy atom. The second-order valence-corrected chi connectivity index (χ2v) is 3.91. The van der Waals surface area contributed by atoms with Crippen molar-refractivity contribution in [2.24, 2.45) is 0 Å². The molecular weight excluding hydrogens is 212 g/mol. The first-order valence-corrected chi connectivity index (χ1v) is 5.84. The highest BCUT2D eigenvalue weighted by Gasteiger charge is 1.99. The normalized spacial score (nSPS) is 10.2. The molecule has 0 unspecified atom stereocenters. The van der Waals surface area contributed by atoms with E-state index in [0.29, 0.717) is 0 Å². The Morgan fingerprint density at radius 3 is 2.65 bits per heavy atom. The van der Waals surface area contributed by atoms with Crippen molar-refractivity contribution in [3.05, 3.63) is 54.1 Å². The van der Waals surface area contributed by atoms with Crippen LogP contribution in [0.15, 0.2) is 43.0 Å². The average molecular weight is 228 g/mol. The zero-order valence-electron chi connectivity index (χ0n) is 9.97. The third-order valence-corrected chi connectivity index (χ3v) is 2.40. The first kappa shape index (κ1) is 11.6. The van der Waals surface area contributed by atoms with Crippen molar-refractivity contribution in [2.45, 2.75) is 19.8 Å². The zero-order chi connectivity index (χ0) is 11.9. The van der Waals surface area contributed by atoms with Crippen LogP contribution < -0.4 is 4.74 Å². The maximum atomic E-state index is 5.56. The molecule has 0 N–H and O–H groups in total. The fraction of sp³-hybridized carbons (Fsp3) is 0.286. The zero-order valence-corrected chi connectivity index (χ0v) is 9.97. The van der Waals surface area contributed by atoms with Gasteiger partial charge in [0.1, 0.15) is 5.75 Å². The summed E-state index contributed by atoms with van der Waals surface area (Å²) in [6.45, 7) is 2.83. The van der Waals surface area contributed by atoms with E-state index in [1.807, 2.05) is 24.4 Å². The molecule has 0 atom stereocenters. The number of rotatable bonds is 5. The topological polar surface area (TPSA) is 35.0 Å². The summed E-state index contributed by atoms with van der Waals surface area (Å²) in [5.74, 6) is 0.846. The number of pyridine rings is 2. The molecule has 0 aliphatic carbocycles. The van der Waals surface area contributed by atoms with Crippen LogP contribution in [-0.2, 0) is 6.42 Å². The van der Waals surface area contributed by atoms with Crippen molar-refractivity contribution in [3.8, 4) is 5.75 Å². The third-order valence-electron chi connectivity index (χ3n) is 2.40. The summed E-state index contributed by atoms with van der Waals surface area (Å²) in [5, 5.41) is 0. The molecule has 17 heavy (non-hydrogen) atoms. The van der Waals surface area contributed by atoms with Crippen molar-refractivity contribution in [2.75, 3.05) is 6.61 Å². The van der Waals surface area contributed by atoms with Gasteiger partial charge in [-0.05, 0) is 42.2 Å². The van der Waals surface area contributed by atoms with E-state index in [0.717, 1.165) is 30.8 Å². The van der Waals surface area contributed by atoms with Crippen molar-refractivity contribution < 1.29 is 4.74 Å². The maximum Gasteiger partial charge on any atom is 0.137 e. The van der Waals surface area contributed by atoms with Gasteiger partial charge in [-0.3, -0.25) is 9.97 Å². The molecule has 0 aliphatic rings. The minimum atomic E-state index is 0.736. The SMILES string of the molecule is CCCOc1cncc(Cc2ccncc2)c1. The van der Waals surface area contributed by atoms with Crippen LogP contribution in [0.5, 0.6) is 5.75 Å². The van der Waals surface area contributed by atoms with Crippen LogP contribution in [0.1, 0.15) is 24.5 Å². The maximum absolute atomic E-state index is 5.56. The quantitative estimate of drug-likeness (QED) is 0.789. The molecular formula is C14H16N2O. The molecule has 0 bridgehead atoms. The van der Waals surface area contributed by atoms with Crippen molar-refractivity contribution >= 4 is 0 Å². The molecule has 2 heterocycles. The molecule has 0 aromatic carbocycles. The van der Waals surface area contributed by atoms with E-state index < -0.39 is 0 Å². The second kappa shape index (κ2) is 5.99. The fourth-order valence-electron chi connectivity index (χ4n) is 1.60. The fourth-order valence-corrected chi connectivity index (χ4v) is 1.60. The third kappa shape index (κ3) is 3.55. The van der Waals surface area contributed by atoms with Crippen molar-refractivity contribution in [1.29, 1.82) is 0 Å². The van der Waals surface area contributed by atoms with Gasteiger partial charge in [0.05, 0.1) is 12.8 Å². The van der Waals surface area contributed by atoms with Gasteiger partial charge in [0.15, 0.2) is 0 Å². The molecule has 0 saturated carbocycles. The van der Waals surface area contributed by atoms with E-state index in [1.54, 1.807) is 18.6 Å². The number of hydrogen-bond donors (Lipinski definition) is 0. The summed E-state index contributed by atoms with van der Waals surface area (Å²) in [6, 6.07) is 6.07. The van der Waals surface area contributed by atoms with Gasteiger partial charge in [0.25, 0.3) is 0 Å². The molecule has 0 radical (unpaired) electrons. The Hall–Kier alpha value is -1.90. The lowest BCUT2D eigenvalue weighted by Crippen LogP contribution is -1.97. The van der Waals surface area contributed by atoms with E-state index >= 15 is 0 Å². The van der Waals surface area contributed by atoms with Gasteiger partial charge in [0.2, 0.25) is 0 Å². The number of ether oxygens (including phenoxy) is 1. The van der Waals surface area contributed by atoms with Gasteiger partial charge in [-0.1, -0.05) is 6.92 Å². The Morgan fingerprint density at radius 2 is 1.88 bits per heavy atom. The standard InChI is InChI=1S/C14H16N2O/c1-2-7-17-14-9-13(10-16-11-14)8-12-3-5-15-6-4-12/h3-6,9-11H,2,7-8H2,1H3. The van der Waals surface area contributed by atoms with Gasteiger partial charge in [0, 0.05) is 18.6 Å². The number of aromatic nitrogens is 2. The molecule has 0 spiro atoms. The van der Waals surface area contributed by atoms with Gasteiger partial charge in [-0.25, -0.2) is 0 Å². The predicted molar refractivity (Wildman–Crippen MR) is 67.1 cm³/mol. The smallest absolute Gasteiger partial charge is 0.137 e. The van der Waals surface area contributed by atoms with Gasteiger partial charge >= 0.3 is 0 Å². The minimum Gasteiger partial charge on any atom is -0.492 e. The highest BCUT2D eigenvalue weighted by molar-refractivity contribution is 5.28. The summed E-state index contributed by atoms with van der Waals surface area (Å²) >= 11 is 0. The van der Waals surface area contributed by atoms with Gasteiger partial charge in [-0.15, -0.1) is 0 Å². The molecule has 2 aromatic heterocycles. The monoisotopic (exact) mass is 228 g/mol. The molecule has 3 nitrogen and oxygen atoms in total. The van der Waals surface area contributed by atoms with E-state index in [-0.39, 0.29) is 0 Å². The van der Waals surface area contributed by atoms with E-state index in [1.165, 1.54) is 5.56 Å². The van der Waals surface area contributed by atoms with E-state index in [4.69, 9.17) is 4.74 Å². The van der Waals surface area contributed by atoms with Crippen LogP contribution in [0.25, 0.3) is 0 Å². The lowest BCUT2D eigenvalue weighted by molar-refractivity contribution is 0.316. The lowest BCUT2D eigenvalue weighted by Gasteiger charge is -2.06. The molecule has 0 saturated heterocycles. The van der Waals surface area contributed by atoms with Crippen LogP contribution in [0.4, 0.5) is 0 Å². The Labute approximate surface area is 102 Å². The van der Waals surface area contributed by atoms with Gasteiger partial charge < -0.3 is 4.74 Å². The lowest BCUT2D eigenvalue weighted by atomic mass is 10.1. The largest absolute Gasteiger partial charge is 0.492 e.